The van der Waals surface area contributed by atoms with Crippen molar-refractivity contribution in [3.8, 4) is 0 Å². The Morgan fingerprint density at radius 2 is 2.10 bits per heavy atom. The highest BCUT2D eigenvalue weighted by Crippen LogP contribution is 2.14. The van der Waals surface area contributed by atoms with E-state index in [1.807, 2.05) is 0 Å². The molecule has 2 rings (SSSR count). The highest BCUT2D eigenvalue weighted by Gasteiger charge is 2.22. The number of hydrogen-bond donors (Lipinski definition) is 2. The number of nitrogens with zero attached hydrogens (tertiary/aromatic N) is 1. The predicted octanol–water partition coefficient (Wildman–Crippen LogP) is 0.637. The van der Waals surface area contributed by atoms with E-state index in [-0.39, 0.29) is 10.9 Å². The van der Waals surface area contributed by atoms with Gasteiger partial charge in [-0.25, -0.2) is 17.9 Å². The van der Waals surface area contributed by atoms with Crippen molar-refractivity contribution in [1.82, 2.24) is 9.71 Å². The molecule has 8 heteroatoms. The van der Waals surface area contributed by atoms with Crippen LogP contribution in [0.15, 0.2) is 29.4 Å². The van der Waals surface area contributed by atoms with Crippen molar-refractivity contribution in [1.29, 1.82) is 0 Å². The summed E-state index contributed by atoms with van der Waals surface area (Å²) in [6.45, 7) is 1.07. The van der Waals surface area contributed by atoms with Crippen LogP contribution in [0.25, 0.3) is 6.08 Å². The number of rotatable bonds is 5. The van der Waals surface area contributed by atoms with Gasteiger partial charge in [0.25, 0.3) is 0 Å². The smallest absolute Gasteiger partial charge is 0.328 e. The summed E-state index contributed by atoms with van der Waals surface area (Å²) < 4.78 is 32.3. The van der Waals surface area contributed by atoms with Crippen molar-refractivity contribution < 1.29 is 23.1 Å². The fourth-order valence-corrected chi connectivity index (χ4v) is 3.25. The number of aromatic nitrogens is 1. The summed E-state index contributed by atoms with van der Waals surface area (Å²) in [5.74, 6) is -1.11. The third-order valence-electron chi connectivity index (χ3n) is 3.01. The van der Waals surface area contributed by atoms with Crippen molar-refractivity contribution >= 4 is 22.1 Å². The van der Waals surface area contributed by atoms with Gasteiger partial charge in [0, 0.05) is 37.7 Å². The molecule has 0 atom stereocenters. The number of pyridine rings is 1. The lowest BCUT2D eigenvalue weighted by molar-refractivity contribution is -0.131. The zero-order chi connectivity index (χ0) is 15.3. The second kappa shape index (κ2) is 6.79. The summed E-state index contributed by atoms with van der Waals surface area (Å²) in [5.41, 5.74) is 0.409. The Bertz CT molecular complexity index is 636. The van der Waals surface area contributed by atoms with E-state index in [4.69, 9.17) is 9.84 Å². The zero-order valence-electron chi connectivity index (χ0n) is 11.2. The molecule has 1 aliphatic rings. The first-order valence-electron chi connectivity index (χ1n) is 6.43. The molecule has 7 nitrogen and oxygen atoms in total. The van der Waals surface area contributed by atoms with E-state index in [0.29, 0.717) is 31.6 Å². The van der Waals surface area contributed by atoms with Crippen molar-refractivity contribution in [2.75, 3.05) is 13.2 Å². The molecule has 1 aromatic rings. The van der Waals surface area contributed by atoms with Crippen LogP contribution in [-0.4, -0.2) is 43.7 Å². The first kappa shape index (κ1) is 15.6. The molecule has 1 saturated heterocycles. The Morgan fingerprint density at radius 3 is 2.76 bits per heavy atom. The minimum absolute atomic E-state index is 0.0153. The minimum Gasteiger partial charge on any atom is -0.478 e. The van der Waals surface area contributed by atoms with E-state index in [1.54, 1.807) is 0 Å². The van der Waals surface area contributed by atoms with E-state index in [9.17, 15) is 13.2 Å². The van der Waals surface area contributed by atoms with Crippen LogP contribution >= 0.6 is 0 Å². The number of carboxylic acid groups (broad SMARTS) is 1. The topological polar surface area (TPSA) is 106 Å². The molecule has 0 spiro atoms. The van der Waals surface area contributed by atoms with Crippen LogP contribution in [0, 0.1) is 0 Å². The first-order valence-corrected chi connectivity index (χ1v) is 7.92. The minimum atomic E-state index is -3.67. The number of ether oxygens (including phenoxy) is 1. The van der Waals surface area contributed by atoms with E-state index in [2.05, 4.69) is 9.71 Å². The first-order chi connectivity index (χ1) is 9.97. The molecular weight excluding hydrogens is 296 g/mol. The van der Waals surface area contributed by atoms with Crippen LogP contribution in [0.4, 0.5) is 0 Å². The number of sulfonamides is 1. The van der Waals surface area contributed by atoms with Crippen molar-refractivity contribution in [2.45, 2.75) is 23.8 Å². The largest absolute Gasteiger partial charge is 0.478 e. The molecule has 1 aromatic heterocycles. The molecule has 1 aliphatic heterocycles. The molecule has 0 amide bonds. The van der Waals surface area contributed by atoms with E-state index < -0.39 is 16.0 Å². The Labute approximate surface area is 122 Å². The molecule has 2 heterocycles. The fourth-order valence-electron chi connectivity index (χ4n) is 1.94. The lowest BCUT2D eigenvalue weighted by Crippen LogP contribution is -2.38. The predicted molar refractivity (Wildman–Crippen MR) is 75.1 cm³/mol. The Hall–Kier alpha value is -1.77. The van der Waals surface area contributed by atoms with Crippen molar-refractivity contribution in [3.63, 3.8) is 0 Å². The van der Waals surface area contributed by atoms with E-state index in [0.717, 1.165) is 6.08 Å². The monoisotopic (exact) mass is 312 g/mol. The molecule has 0 radical (unpaired) electrons. The number of hydrogen-bond acceptors (Lipinski definition) is 5. The van der Waals surface area contributed by atoms with Gasteiger partial charge in [0.15, 0.2) is 0 Å². The average Bonchev–Trinajstić information content (AvgIpc) is 2.46. The van der Waals surface area contributed by atoms with Gasteiger partial charge in [0.1, 0.15) is 4.90 Å². The molecular formula is C13H16N2O5S. The van der Waals surface area contributed by atoms with Crippen molar-refractivity contribution in [2.24, 2.45) is 0 Å². The summed E-state index contributed by atoms with van der Waals surface area (Å²) in [4.78, 5) is 14.3. The second-order valence-corrected chi connectivity index (χ2v) is 6.35. The van der Waals surface area contributed by atoms with Gasteiger partial charge in [-0.1, -0.05) is 0 Å². The Balaban J connectivity index is 2.15. The van der Waals surface area contributed by atoms with E-state index >= 15 is 0 Å². The maximum Gasteiger partial charge on any atom is 0.328 e. The molecule has 114 valence electrons. The molecule has 0 bridgehead atoms. The normalized spacial score (nSPS) is 17.1. The van der Waals surface area contributed by atoms with Crippen LogP contribution in [0.2, 0.25) is 0 Å². The van der Waals surface area contributed by atoms with Crippen LogP contribution in [0.5, 0.6) is 0 Å². The maximum absolute atomic E-state index is 12.3. The van der Waals surface area contributed by atoms with Crippen LogP contribution in [-0.2, 0) is 19.6 Å². The second-order valence-electron chi connectivity index (χ2n) is 4.63. The molecule has 21 heavy (non-hydrogen) atoms. The fraction of sp³-hybridized carbons (Fsp3) is 0.385. The molecule has 1 fully saturated rings. The third-order valence-corrected chi connectivity index (χ3v) is 4.49. The molecule has 0 aromatic carbocycles. The van der Waals surface area contributed by atoms with Crippen molar-refractivity contribution in [3.05, 3.63) is 30.1 Å². The average molecular weight is 312 g/mol. The van der Waals surface area contributed by atoms with Gasteiger partial charge in [-0.05, 0) is 30.5 Å². The molecule has 0 unspecified atom stereocenters. The van der Waals surface area contributed by atoms with Gasteiger partial charge in [-0.15, -0.1) is 0 Å². The number of carboxylic acids is 1. The summed E-state index contributed by atoms with van der Waals surface area (Å²) >= 11 is 0. The zero-order valence-corrected chi connectivity index (χ0v) is 12.0. The van der Waals surface area contributed by atoms with Crippen LogP contribution in [0.3, 0.4) is 0 Å². The third kappa shape index (κ3) is 4.62. The highest BCUT2D eigenvalue weighted by molar-refractivity contribution is 7.89. The van der Waals surface area contributed by atoms with Crippen LogP contribution in [0.1, 0.15) is 18.4 Å². The number of carbonyl (C=O) groups is 1. The summed E-state index contributed by atoms with van der Waals surface area (Å²) in [6.07, 6.45) is 6.12. The van der Waals surface area contributed by atoms with Gasteiger partial charge in [0.2, 0.25) is 10.0 Å². The Morgan fingerprint density at radius 1 is 1.38 bits per heavy atom. The van der Waals surface area contributed by atoms with Gasteiger partial charge < -0.3 is 9.84 Å². The molecule has 2 N–H and O–H groups in total. The summed E-state index contributed by atoms with van der Waals surface area (Å²) in [6, 6.07) is 1.23. The van der Waals surface area contributed by atoms with Gasteiger partial charge in [-0.2, -0.15) is 0 Å². The lowest BCUT2D eigenvalue weighted by atomic mass is 10.1. The number of nitrogens with one attached hydrogen (secondary N) is 1. The standard InChI is InChI=1S/C13H16N2O5S/c16-13(17)2-1-10-7-12(9-14-8-10)21(18,19)15-11-3-5-20-6-4-11/h1-2,7-9,11,15H,3-6H2,(H,16,17). The number of aliphatic carboxylic acids is 1. The summed E-state index contributed by atoms with van der Waals surface area (Å²) in [7, 11) is -3.67. The van der Waals surface area contributed by atoms with Crippen LogP contribution < -0.4 is 4.72 Å². The van der Waals surface area contributed by atoms with Gasteiger partial charge in [0.05, 0.1) is 0 Å². The quantitative estimate of drug-likeness (QED) is 0.773. The van der Waals surface area contributed by atoms with Gasteiger partial charge in [-0.3, -0.25) is 4.98 Å². The molecule has 0 saturated carbocycles. The van der Waals surface area contributed by atoms with Gasteiger partial charge >= 0.3 is 5.97 Å². The Kier molecular flexibility index (Phi) is 5.05. The maximum atomic E-state index is 12.3. The lowest BCUT2D eigenvalue weighted by Gasteiger charge is -2.22. The summed E-state index contributed by atoms with van der Waals surface area (Å²) in [5, 5.41) is 8.57. The molecule has 0 aliphatic carbocycles. The SMILES string of the molecule is O=C(O)C=Cc1cncc(S(=O)(=O)NC2CCOCC2)c1. The highest BCUT2D eigenvalue weighted by atomic mass is 32.2. The van der Waals surface area contributed by atoms with E-state index in [1.165, 1.54) is 24.5 Å².